The zero-order valence-corrected chi connectivity index (χ0v) is 15.0. The van der Waals surface area contributed by atoms with Crippen molar-refractivity contribution in [3.05, 3.63) is 69.3 Å². The SMILES string of the molecule is Cc1cc(C(=O)OCCN=C2NS(=O)(=O)c3ccccc32)ccc1[N+](=O)[O-]. The van der Waals surface area contributed by atoms with Gasteiger partial charge in [-0.15, -0.1) is 0 Å². The van der Waals surface area contributed by atoms with Crippen LogP contribution >= 0.6 is 0 Å². The third kappa shape index (κ3) is 3.80. The Morgan fingerprint density at radius 3 is 2.70 bits per heavy atom. The Bertz CT molecular complexity index is 1060. The van der Waals surface area contributed by atoms with Crippen LogP contribution in [0.4, 0.5) is 5.69 Å². The van der Waals surface area contributed by atoms with Crippen molar-refractivity contribution in [2.75, 3.05) is 13.2 Å². The Balaban J connectivity index is 1.63. The van der Waals surface area contributed by atoms with E-state index in [-0.39, 0.29) is 35.1 Å². The molecule has 0 saturated carbocycles. The second kappa shape index (κ2) is 7.16. The van der Waals surface area contributed by atoms with Gasteiger partial charge in [0.2, 0.25) is 0 Å². The van der Waals surface area contributed by atoms with E-state index < -0.39 is 20.9 Å². The highest BCUT2D eigenvalue weighted by molar-refractivity contribution is 7.90. The van der Waals surface area contributed by atoms with Gasteiger partial charge in [-0.25, -0.2) is 13.2 Å². The topological polar surface area (TPSA) is 128 Å². The predicted molar refractivity (Wildman–Crippen MR) is 96.3 cm³/mol. The maximum Gasteiger partial charge on any atom is 0.338 e. The molecule has 10 heteroatoms. The molecular formula is C17H15N3O6S. The highest BCUT2D eigenvalue weighted by atomic mass is 32.2. The zero-order chi connectivity index (χ0) is 19.6. The fourth-order valence-corrected chi connectivity index (χ4v) is 3.87. The van der Waals surface area contributed by atoms with Gasteiger partial charge in [-0.1, -0.05) is 12.1 Å². The van der Waals surface area contributed by atoms with E-state index in [1.807, 2.05) is 0 Å². The number of carbonyl (C=O) groups excluding carboxylic acids is 1. The van der Waals surface area contributed by atoms with E-state index in [2.05, 4.69) is 9.71 Å². The molecule has 2 aromatic carbocycles. The number of nitro groups is 1. The van der Waals surface area contributed by atoms with Crippen molar-refractivity contribution in [3.8, 4) is 0 Å². The molecule has 0 radical (unpaired) electrons. The Morgan fingerprint density at radius 1 is 1.26 bits per heavy atom. The molecule has 0 fully saturated rings. The fraction of sp³-hybridized carbons (Fsp3) is 0.176. The minimum atomic E-state index is -3.61. The van der Waals surface area contributed by atoms with E-state index in [0.29, 0.717) is 11.1 Å². The predicted octanol–water partition coefficient (Wildman–Crippen LogP) is 1.80. The normalized spacial score (nSPS) is 15.8. The van der Waals surface area contributed by atoms with Crippen molar-refractivity contribution in [1.82, 2.24) is 4.72 Å². The van der Waals surface area contributed by atoms with E-state index in [0.717, 1.165) is 0 Å². The summed E-state index contributed by atoms with van der Waals surface area (Å²) in [6.45, 7) is 1.52. The number of sulfonamides is 1. The van der Waals surface area contributed by atoms with E-state index in [1.165, 1.54) is 31.2 Å². The highest BCUT2D eigenvalue weighted by Gasteiger charge is 2.29. The van der Waals surface area contributed by atoms with Gasteiger partial charge in [-0.2, -0.15) is 0 Å². The smallest absolute Gasteiger partial charge is 0.338 e. The van der Waals surface area contributed by atoms with Crippen molar-refractivity contribution in [3.63, 3.8) is 0 Å². The molecule has 0 atom stereocenters. The van der Waals surface area contributed by atoms with Gasteiger partial charge in [-0.3, -0.25) is 19.8 Å². The summed E-state index contributed by atoms with van der Waals surface area (Å²) in [5, 5.41) is 10.8. The van der Waals surface area contributed by atoms with Gasteiger partial charge in [0.1, 0.15) is 12.4 Å². The van der Waals surface area contributed by atoms with Crippen LogP contribution in [0.1, 0.15) is 21.5 Å². The number of benzene rings is 2. The van der Waals surface area contributed by atoms with Crippen LogP contribution in [0.2, 0.25) is 0 Å². The third-order valence-corrected chi connectivity index (χ3v) is 5.28. The zero-order valence-electron chi connectivity index (χ0n) is 14.2. The van der Waals surface area contributed by atoms with E-state index in [9.17, 15) is 23.3 Å². The lowest BCUT2D eigenvalue weighted by atomic mass is 10.1. The van der Waals surface area contributed by atoms with Crippen LogP contribution in [0, 0.1) is 17.0 Å². The highest BCUT2D eigenvalue weighted by Crippen LogP contribution is 2.22. The number of hydrogen-bond acceptors (Lipinski definition) is 7. The number of ether oxygens (including phenoxy) is 1. The molecule has 0 unspecified atom stereocenters. The van der Waals surface area contributed by atoms with E-state index in [1.54, 1.807) is 18.2 Å². The number of aryl methyl sites for hydroxylation is 1. The monoisotopic (exact) mass is 389 g/mol. The molecule has 1 heterocycles. The van der Waals surface area contributed by atoms with Crippen molar-refractivity contribution >= 4 is 27.5 Å². The van der Waals surface area contributed by atoms with Gasteiger partial charge in [0.25, 0.3) is 15.7 Å². The summed E-state index contributed by atoms with van der Waals surface area (Å²) in [7, 11) is -3.61. The molecule has 140 valence electrons. The fourth-order valence-electron chi connectivity index (χ4n) is 2.62. The first kappa shape index (κ1) is 18.5. The molecular weight excluding hydrogens is 374 g/mol. The lowest BCUT2D eigenvalue weighted by molar-refractivity contribution is -0.385. The second-order valence-electron chi connectivity index (χ2n) is 5.73. The summed E-state index contributed by atoms with van der Waals surface area (Å²) in [5.74, 6) is -0.437. The van der Waals surface area contributed by atoms with Gasteiger partial charge in [0.15, 0.2) is 0 Å². The first-order valence-corrected chi connectivity index (χ1v) is 9.37. The van der Waals surface area contributed by atoms with Crippen molar-refractivity contribution in [2.24, 2.45) is 4.99 Å². The summed E-state index contributed by atoms with van der Waals surface area (Å²) in [4.78, 5) is 26.6. The van der Waals surface area contributed by atoms with E-state index in [4.69, 9.17) is 4.74 Å². The Morgan fingerprint density at radius 2 is 2.00 bits per heavy atom. The third-order valence-electron chi connectivity index (χ3n) is 3.89. The van der Waals surface area contributed by atoms with Gasteiger partial charge < -0.3 is 4.74 Å². The van der Waals surface area contributed by atoms with Crippen LogP contribution in [0.15, 0.2) is 52.4 Å². The number of amidine groups is 1. The number of hydrogen-bond donors (Lipinski definition) is 1. The quantitative estimate of drug-likeness (QED) is 0.359. The Hall–Kier alpha value is -3.27. The minimum absolute atomic E-state index is 0.0594. The second-order valence-corrected chi connectivity index (χ2v) is 7.38. The van der Waals surface area contributed by atoms with Crippen LogP contribution in [-0.2, 0) is 14.8 Å². The summed E-state index contributed by atoms with van der Waals surface area (Å²) in [6.07, 6.45) is 0. The van der Waals surface area contributed by atoms with E-state index >= 15 is 0 Å². The molecule has 0 amide bonds. The molecule has 0 saturated heterocycles. The number of carbonyl (C=O) groups is 1. The molecule has 0 aliphatic carbocycles. The van der Waals surface area contributed by atoms with Gasteiger partial charge in [0, 0.05) is 17.2 Å². The Kier molecular flexibility index (Phi) is 4.91. The lowest BCUT2D eigenvalue weighted by Gasteiger charge is -2.05. The standard InChI is InChI=1S/C17H15N3O6S/c1-11-10-12(6-7-14(11)20(22)23)17(21)26-9-8-18-16-13-4-2-3-5-15(13)27(24,25)19-16/h2-7,10H,8-9H2,1H3,(H,18,19). The molecule has 2 aromatic rings. The average molecular weight is 389 g/mol. The molecule has 3 rings (SSSR count). The molecule has 1 aliphatic rings. The van der Waals surface area contributed by atoms with Crippen LogP contribution in [0.3, 0.4) is 0 Å². The first-order valence-electron chi connectivity index (χ1n) is 7.88. The Labute approximate surface area is 154 Å². The van der Waals surface area contributed by atoms with Gasteiger partial charge in [0.05, 0.1) is 21.9 Å². The number of rotatable bonds is 5. The summed E-state index contributed by atoms with van der Waals surface area (Å²) in [6, 6.07) is 10.4. The lowest BCUT2D eigenvalue weighted by Crippen LogP contribution is -2.23. The molecule has 9 nitrogen and oxygen atoms in total. The van der Waals surface area contributed by atoms with Crippen molar-refractivity contribution in [1.29, 1.82) is 0 Å². The summed E-state index contributed by atoms with van der Waals surface area (Å²) >= 11 is 0. The molecule has 0 aromatic heterocycles. The van der Waals surface area contributed by atoms with Crippen LogP contribution in [0.25, 0.3) is 0 Å². The number of aliphatic imine (C=N–C) groups is 1. The number of nitro benzene ring substituents is 1. The molecule has 0 bridgehead atoms. The minimum Gasteiger partial charge on any atom is -0.460 e. The number of nitrogens with one attached hydrogen (secondary N) is 1. The van der Waals surface area contributed by atoms with Crippen molar-refractivity contribution in [2.45, 2.75) is 11.8 Å². The van der Waals surface area contributed by atoms with Crippen LogP contribution < -0.4 is 4.72 Å². The molecule has 1 N–H and O–H groups in total. The van der Waals surface area contributed by atoms with Crippen LogP contribution in [-0.4, -0.2) is 38.3 Å². The number of esters is 1. The summed E-state index contributed by atoms with van der Waals surface area (Å²) < 4.78 is 31.4. The maximum absolute atomic E-state index is 12.0. The average Bonchev–Trinajstić information content (AvgIpc) is 2.89. The molecule has 0 spiro atoms. The molecule has 27 heavy (non-hydrogen) atoms. The molecule has 1 aliphatic heterocycles. The number of nitrogens with zero attached hydrogens (tertiary/aromatic N) is 2. The van der Waals surface area contributed by atoms with Gasteiger partial charge in [-0.05, 0) is 31.2 Å². The van der Waals surface area contributed by atoms with Crippen molar-refractivity contribution < 1.29 is 22.9 Å². The number of fused-ring (bicyclic) bond motifs is 1. The first-order chi connectivity index (χ1) is 12.8. The van der Waals surface area contributed by atoms with Crippen LogP contribution in [0.5, 0.6) is 0 Å². The largest absolute Gasteiger partial charge is 0.460 e. The summed E-state index contributed by atoms with van der Waals surface area (Å²) in [5.41, 5.74) is 0.935. The maximum atomic E-state index is 12.0. The van der Waals surface area contributed by atoms with Gasteiger partial charge >= 0.3 is 5.97 Å².